The van der Waals surface area contributed by atoms with E-state index in [0.717, 1.165) is 33.7 Å². The van der Waals surface area contributed by atoms with E-state index in [-0.39, 0.29) is 23.4 Å². The van der Waals surface area contributed by atoms with E-state index in [0.29, 0.717) is 23.4 Å². The molecule has 2 aliphatic rings. The molecule has 3 heterocycles. The third-order valence-electron chi connectivity index (χ3n) is 8.83. The number of benzene rings is 4. The highest BCUT2D eigenvalue weighted by atomic mass is 32.2. The molecule has 2 aliphatic heterocycles. The number of aromatic nitrogens is 1. The summed E-state index contributed by atoms with van der Waals surface area (Å²) in [6.45, 7) is 7.78. The quantitative estimate of drug-likeness (QED) is 0.154. The van der Waals surface area contributed by atoms with E-state index in [1.54, 1.807) is 6.08 Å². The fourth-order valence-electron chi connectivity index (χ4n) is 6.07. The summed E-state index contributed by atoms with van der Waals surface area (Å²) in [4.78, 5) is 17.5. The average Bonchev–Trinajstić information content (AvgIpc) is 3.64. The van der Waals surface area contributed by atoms with Crippen molar-refractivity contribution in [3.05, 3.63) is 137 Å². The minimum Gasteiger partial charge on any atom is -0.492 e. The number of thioether (sulfide) groups is 1. The number of hydrazone groups is 1. The van der Waals surface area contributed by atoms with Gasteiger partial charge in [-0.05, 0) is 66.2 Å². The van der Waals surface area contributed by atoms with E-state index in [9.17, 15) is 4.79 Å². The molecule has 240 valence electrons. The predicted molar refractivity (Wildman–Crippen MR) is 194 cm³/mol. The molecule has 0 bridgehead atoms. The van der Waals surface area contributed by atoms with Crippen LogP contribution >= 0.6 is 11.8 Å². The molecule has 0 saturated carbocycles. The molecule has 48 heavy (non-hydrogen) atoms. The molecule has 0 saturated heterocycles. The van der Waals surface area contributed by atoms with Gasteiger partial charge in [-0.1, -0.05) is 92.7 Å². The number of aliphatic imine (C=N–C) groups is 1. The number of ether oxygens (including phenoxy) is 2. The molecule has 0 atom stereocenters. The summed E-state index contributed by atoms with van der Waals surface area (Å²) in [5, 5.41) is 16.8. The van der Waals surface area contributed by atoms with E-state index >= 15 is 0 Å². The van der Waals surface area contributed by atoms with Crippen molar-refractivity contribution < 1.29 is 14.3 Å². The van der Waals surface area contributed by atoms with Crippen molar-refractivity contribution in [3.63, 3.8) is 0 Å². The smallest absolute Gasteiger partial charge is 0.283 e. The van der Waals surface area contributed by atoms with Crippen molar-refractivity contribution in [1.82, 2.24) is 9.58 Å². The van der Waals surface area contributed by atoms with Crippen LogP contribution < -0.4 is 9.47 Å². The van der Waals surface area contributed by atoms with Crippen LogP contribution in [0.1, 0.15) is 36.2 Å². The third kappa shape index (κ3) is 6.04. The maximum Gasteiger partial charge on any atom is 0.283 e. The maximum atomic E-state index is 13.2. The Morgan fingerprint density at radius 2 is 1.48 bits per heavy atom. The minimum atomic E-state index is -0.461. The first-order valence-electron chi connectivity index (χ1n) is 15.8. The molecule has 0 aliphatic carbocycles. The van der Waals surface area contributed by atoms with Gasteiger partial charge in [0.1, 0.15) is 29.8 Å². The SMILES string of the molecule is Cc1c(/C=C2/C(=N)N3N=C(COc4ccccc4)SC3=NC2=O)c2ccccc2n1CCOc1ccc(C(C)(C)c2ccccc2)cc1. The van der Waals surface area contributed by atoms with Crippen LogP contribution in [-0.4, -0.2) is 44.7 Å². The van der Waals surface area contributed by atoms with Crippen molar-refractivity contribution in [2.45, 2.75) is 32.7 Å². The molecule has 1 N–H and O–H groups in total. The Morgan fingerprint density at radius 3 is 2.23 bits per heavy atom. The Bertz CT molecular complexity index is 2100. The molecule has 0 fully saturated rings. The standard InChI is InChI=1S/C39H35N5O3S/c1-26-32(24-33-36(40)44-38(41-37(33)45)48-35(42-44)25-47-29-14-8-5-9-15-29)31-16-10-11-17-34(31)43(26)22-23-46-30-20-18-28(19-21-30)39(2,3)27-12-6-4-7-13-27/h4-21,24,40H,22-23,25H2,1-3H3/b33-24-,40-36?. The lowest BCUT2D eigenvalue weighted by molar-refractivity contribution is -0.114. The van der Waals surface area contributed by atoms with Gasteiger partial charge in [-0.3, -0.25) is 10.2 Å². The van der Waals surface area contributed by atoms with Gasteiger partial charge in [0, 0.05) is 27.6 Å². The highest BCUT2D eigenvalue weighted by Crippen LogP contribution is 2.34. The van der Waals surface area contributed by atoms with Gasteiger partial charge in [0.15, 0.2) is 5.84 Å². The van der Waals surface area contributed by atoms with E-state index in [1.807, 2.05) is 73.7 Å². The summed E-state index contributed by atoms with van der Waals surface area (Å²) in [7, 11) is 0. The number of hydrogen-bond donors (Lipinski definition) is 1. The van der Waals surface area contributed by atoms with Gasteiger partial charge >= 0.3 is 0 Å². The zero-order valence-electron chi connectivity index (χ0n) is 27.0. The van der Waals surface area contributed by atoms with Crippen LogP contribution in [0, 0.1) is 12.3 Å². The second-order valence-corrected chi connectivity index (χ2v) is 13.2. The van der Waals surface area contributed by atoms with Crippen molar-refractivity contribution >= 4 is 50.7 Å². The molecule has 8 nitrogen and oxygen atoms in total. The van der Waals surface area contributed by atoms with Crippen LogP contribution in [0.15, 0.2) is 125 Å². The van der Waals surface area contributed by atoms with Crippen LogP contribution in [-0.2, 0) is 16.8 Å². The first-order valence-corrected chi connectivity index (χ1v) is 16.6. The Kier molecular flexibility index (Phi) is 8.45. The molecule has 4 aromatic carbocycles. The first kappa shape index (κ1) is 31.2. The molecular formula is C39H35N5O3S. The van der Waals surface area contributed by atoms with Gasteiger partial charge in [0.2, 0.25) is 5.17 Å². The van der Waals surface area contributed by atoms with Crippen molar-refractivity contribution in [2.24, 2.45) is 10.1 Å². The lowest BCUT2D eigenvalue weighted by atomic mass is 9.78. The largest absolute Gasteiger partial charge is 0.492 e. The number of amides is 1. The topological polar surface area (TPSA) is 92.3 Å². The molecule has 5 aromatic rings. The number of fused-ring (bicyclic) bond motifs is 2. The summed E-state index contributed by atoms with van der Waals surface area (Å²) in [6, 6.07) is 36.4. The first-order chi connectivity index (χ1) is 23.3. The van der Waals surface area contributed by atoms with Crippen LogP contribution in [0.5, 0.6) is 11.5 Å². The van der Waals surface area contributed by atoms with Crippen molar-refractivity contribution in [2.75, 3.05) is 13.2 Å². The second kappa shape index (κ2) is 13.0. The monoisotopic (exact) mass is 653 g/mol. The number of nitrogens with zero attached hydrogens (tertiary/aromatic N) is 4. The summed E-state index contributed by atoms with van der Waals surface area (Å²) >= 11 is 1.24. The third-order valence-corrected chi connectivity index (χ3v) is 9.71. The van der Waals surface area contributed by atoms with Crippen LogP contribution in [0.4, 0.5) is 0 Å². The molecule has 0 spiro atoms. The molecule has 9 heteroatoms. The summed E-state index contributed by atoms with van der Waals surface area (Å²) in [5.74, 6) is 1.06. The van der Waals surface area contributed by atoms with E-state index in [2.05, 4.69) is 71.0 Å². The van der Waals surface area contributed by atoms with Crippen molar-refractivity contribution in [1.29, 1.82) is 5.41 Å². The van der Waals surface area contributed by atoms with Crippen LogP contribution in [0.2, 0.25) is 0 Å². The minimum absolute atomic E-state index is 0.00864. The normalized spacial score (nSPS) is 15.5. The Balaban J connectivity index is 1.07. The number of carbonyl (C=O) groups is 1. The lowest BCUT2D eigenvalue weighted by Gasteiger charge is -2.26. The Labute approximate surface area is 283 Å². The number of amidine groups is 2. The number of hydrogen-bond acceptors (Lipinski definition) is 6. The Hall–Kier alpha value is -5.41. The molecule has 0 unspecified atom stereocenters. The summed E-state index contributed by atoms with van der Waals surface area (Å²) in [6.07, 6.45) is 1.77. The molecule has 1 amide bonds. The number of para-hydroxylation sites is 2. The summed E-state index contributed by atoms with van der Waals surface area (Å²) < 4.78 is 14.2. The zero-order chi connectivity index (χ0) is 33.3. The highest BCUT2D eigenvalue weighted by molar-refractivity contribution is 8.27. The lowest BCUT2D eigenvalue weighted by Crippen LogP contribution is -2.35. The summed E-state index contributed by atoms with van der Waals surface area (Å²) in [5.41, 5.74) is 5.43. The highest BCUT2D eigenvalue weighted by Gasteiger charge is 2.36. The van der Waals surface area contributed by atoms with E-state index in [4.69, 9.17) is 14.9 Å². The van der Waals surface area contributed by atoms with E-state index in [1.165, 1.54) is 27.9 Å². The van der Waals surface area contributed by atoms with Gasteiger partial charge in [-0.2, -0.15) is 15.1 Å². The zero-order valence-corrected chi connectivity index (χ0v) is 27.8. The van der Waals surface area contributed by atoms with Crippen LogP contribution in [0.3, 0.4) is 0 Å². The fourth-order valence-corrected chi connectivity index (χ4v) is 6.87. The van der Waals surface area contributed by atoms with Gasteiger partial charge in [0.05, 0.1) is 12.1 Å². The number of carbonyl (C=O) groups excluding carboxylic acids is 1. The fraction of sp³-hybridized carbons (Fsp3) is 0.179. The number of rotatable bonds is 10. The maximum absolute atomic E-state index is 13.2. The Morgan fingerprint density at radius 1 is 0.833 bits per heavy atom. The van der Waals surface area contributed by atoms with Gasteiger partial charge in [-0.25, -0.2) is 0 Å². The molecular weight excluding hydrogens is 619 g/mol. The molecule has 7 rings (SSSR count). The van der Waals surface area contributed by atoms with Gasteiger partial charge in [0.25, 0.3) is 5.91 Å². The number of nitrogens with one attached hydrogen (secondary N) is 1. The van der Waals surface area contributed by atoms with Gasteiger partial charge in [-0.15, -0.1) is 0 Å². The average molecular weight is 654 g/mol. The van der Waals surface area contributed by atoms with Crippen LogP contribution in [0.25, 0.3) is 17.0 Å². The molecule has 1 aromatic heterocycles. The molecule has 0 radical (unpaired) electrons. The van der Waals surface area contributed by atoms with Crippen molar-refractivity contribution in [3.8, 4) is 11.5 Å². The van der Waals surface area contributed by atoms with E-state index < -0.39 is 5.91 Å². The second-order valence-electron chi connectivity index (χ2n) is 12.1. The predicted octanol–water partition coefficient (Wildman–Crippen LogP) is 8.05. The van der Waals surface area contributed by atoms with Gasteiger partial charge < -0.3 is 14.0 Å².